The molecule has 5 nitrogen and oxygen atoms in total. The van der Waals surface area contributed by atoms with Crippen LogP contribution in [0.5, 0.6) is 0 Å². The summed E-state index contributed by atoms with van der Waals surface area (Å²) in [6.45, 7) is 1.59. The number of imide groups is 2. The van der Waals surface area contributed by atoms with Crippen LogP contribution in [0.2, 0.25) is 0 Å². The van der Waals surface area contributed by atoms with E-state index in [9.17, 15) is 14.4 Å². The van der Waals surface area contributed by atoms with Crippen molar-refractivity contribution in [2.45, 2.75) is 45.1 Å². The van der Waals surface area contributed by atoms with E-state index in [0.717, 1.165) is 37.0 Å². The van der Waals surface area contributed by atoms with Crippen LogP contribution in [0.25, 0.3) is 0 Å². The molecule has 2 fully saturated rings. The number of carbonyl (C=O) groups is 3. The molecule has 1 aromatic carbocycles. The van der Waals surface area contributed by atoms with Crippen LogP contribution in [0, 0.1) is 5.92 Å². The van der Waals surface area contributed by atoms with Gasteiger partial charge in [-0.2, -0.15) is 0 Å². The number of hydrogen-bond acceptors (Lipinski definition) is 3. The molecule has 0 radical (unpaired) electrons. The predicted octanol–water partition coefficient (Wildman–Crippen LogP) is 2.95. The highest BCUT2D eigenvalue weighted by atomic mass is 16.2. The van der Waals surface area contributed by atoms with Crippen LogP contribution in [-0.4, -0.2) is 28.8 Å². The second kappa shape index (κ2) is 5.91. The Hall–Kier alpha value is -2.17. The topological polar surface area (TPSA) is 57.7 Å². The molecule has 1 unspecified atom stereocenters. The Morgan fingerprint density at radius 2 is 1.55 bits per heavy atom. The third-order valence-electron chi connectivity index (χ3n) is 4.55. The Bertz CT molecular complexity index is 593. The van der Waals surface area contributed by atoms with Crippen LogP contribution in [0.3, 0.4) is 0 Å². The molecule has 116 valence electrons. The van der Waals surface area contributed by atoms with E-state index in [2.05, 4.69) is 0 Å². The van der Waals surface area contributed by atoms with Gasteiger partial charge >= 0.3 is 6.03 Å². The van der Waals surface area contributed by atoms with Gasteiger partial charge in [0.25, 0.3) is 0 Å². The molecule has 1 atom stereocenters. The minimum Gasteiger partial charge on any atom is -0.273 e. The van der Waals surface area contributed by atoms with Crippen LogP contribution >= 0.6 is 0 Å². The van der Waals surface area contributed by atoms with Gasteiger partial charge in [0.1, 0.15) is 5.92 Å². The summed E-state index contributed by atoms with van der Waals surface area (Å²) in [6, 6.07) is 8.26. The lowest BCUT2D eigenvalue weighted by Gasteiger charge is -2.41. The van der Waals surface area contributed by atoms with E-state index in [1.54, 1.807) is 31.2 Å². The molecule has 1 saturated carbocycles. The molecule has 0 N–H and O–H groups in total. The molecule has 4 amide bonds. The third kappa shape index (κ3) is 2.40. The molecular weight excluding hydrogens is 280 g/mol. The maximum absolute atomic E-state index is 12.8. The first-order valence-corrected chi connectivity index (χ1v) is 7.87. The highest BCUT2D eigenvalue weighted by Gasteiger charge is 2.46. The third-order valence-corrected chi connectivity index (χ3v) is 4.55. The maximum atomic E-state index is 12.8. The van der Waals surface area contributed by atoms with Crippen LogP contribution in [0.1, 0.15) is 39.0 Å². The van der Waals surface area contributed by atoms with E-state index in [0.29, 0.717) is 5.69 Å². The van der Waals surface area contributed by atoms with Crippen molar-refractivity contribution in [2.75, 3.05) is 4.90 Å². The van der Waals surface area contributed by atoms with Crippen molar-refractivity contribution in [1.29, 1.82) is 0 Å². The molecule has 1 aliphatic heterocycles. The summed E-state index contributed by atoms with van der Waals surface area (Å²) in [5, 5.41) is 0. The average molecular weight is 300 g/mol. The SMILES string of the molecule is CC1C(=O)N(c2ccccc2)C(=O)N(C2CCCCC2)C1=O. The summed E-state index contributed by atoms with van der Waals surface area (Å²) in [7, 11) is 0. The van der Waals surface area contributed by atoms with Gasteiger partial charge in [0, 0.05) is 6.04 Å². The zero-order chi connectivity index (χ0) is 15.7. The van der Waals surface area contributed by atoms with Gasteiger partial charge in [0.15, 0.2) is 0 Å². The minimum absolute atomic E-state index is 0.0736. The number of para-hydroxylation sites is 1. The van der Waals surface area contributed by atoms with Gasteiger partial charge in [-0.15, -0.1) is 0 Å². The first-order chi connectivity index (χ1) is 10.6. The van der Waals surface area contributed by atoms with Crippen LogP contribution in [0.15, 0.2) is 30.3 Å². The Morgan fingerprint density at radius 3 is 2.18 bits per heavy atom. The lowest BCUT2D eigenvalue weighted by Crippen LogP contribution is -2.62. The zero-order valence-electron chi connectivity index (χ0n) is 12.7. The Balaban J connectivity index is 1.95. The highest BCUT2D eigenvalue weighted by Crippen LogP contribution is 2.30. The molecule has 2 aliphatic rings. The summed E-state index contributed by atoms with van der Waals surface area (Å²) >= 11 is 0. The first kappa shape index (κ1) is 14.8. The van der Waals surface area contributed by atoms with Crippen molar-refractivity contribution in [3.05, 3.63) is 30.3 Å². The van der Waals surface area contributed by atoms with Gasteiger partial charge in [0.2, 0.25) is 11.8 Å². The summed E-state index contributed by atoms with van der Waals surface area (Å²) in [6.07, 6.45) is 4.86. The molecule has 1 aromatic rings. The van der Waals surface area contributed by atoms with E-state index in [1.165, 1.54) is 4.90 Å². The maximum Gasteiger partial charge on any atom is 0.338 e. The van der Waals surface area contributed by atoms with Crippen molar-refractivity contribution in [2.24, 2.45) is 5.92 Å². The van der Waals surface area contributed by atoms with Crippen LogP contribution in [-0.2, 0) is 9.59 Å². The number of hydrogen-bond donors (Lipinski definition) is 0. The first-order valence-electron chi connectivity index (χ1n) is 7.87. The van der Waals surface area contributed by atoms with Crippen LogP contribution < -0.4 is 4.90 Å². The number of carbonyl (C=O) groups excluding carboxylic acids is 3. The van der Waals surface area contributed by atoms with Crippen molar-refractivity contribution in [3.8, 4) is 0 Å². The van der Waals surface area contributed by atoms with E-state index >= 15 is 0 Å². The largest absolute Gasteiger partial charge is 0.338 e. The average Bonchev–Trinajstić information content (AvgIpc) is 2.55. The summed E-state index contributed by atoms with van der Waals surface area (Å²) < 4.78 is 0. The molecule has 5 heteroatoms. The summed E-state index contributed by atoms with van der Waals surface area (Å²) in [5.41, 5.74) is 0.526. The zero-order valence-corrected chi connectivity index (χ0v) is 12.7. The Labute approximate surface area is 129 Å². The molecule has 1 heterocycles. The highest BCUT2D eigenvalue weighted by molar-refractivity contribution is 6.27. The molecule has 22 heavy (non-hydrogen) atoms. The molecule has 1 aliphatic carbocycles. The van der Waals surface area contributed by atoms with E-state index in [1.807, 2.05) is 6.07 Å². The van der Waals surface area contributed by atoms with Gasteiger partial charge in [0.05, 0.1) is 5.69 Å². The van der Waals surface area contributed by atoms with Crippen LogP contribution in [0.4, 0.5) is 10.5 Å². The lowest BCUT2D eigenvalue weighted by atomic mass is 9.92. The molecule has 1 saturated heterocycles. The number of anilines is 1. The monoisotopic (exact) mass is 300 g/mol. The normalized spacial score (nSPS) is 24.0. The standard InChI is InChI=1S/C17H20N2O3/c1-12-15(20)18(13-8-4-2-5-9-13)17(22)19(16(12)21)14-10-6-3-7-11-14/h2,4-5,8-9,12,14H,3,6-7,10-11H2,1H3. The Morgan fingerprint density at radius 1 is 0.909 bits per heavy atom. The fraction of sp³-hybridized carbons (Fsp3) is 0.471. The van der Waals surface area contributed by atoms with Gasteiger partial charge < -0.3 is 0 Å². The van der Waals surface area contributed by atoms with Crippen molar-refractivity contribution >= 4 is 23.5 Å². The van der Waals surface area contributed by atoms with Crippen molar-refractivity contribution in [3.63, 3.8) is 0 Å². The molecule has 0 spiro atoms. The number of barbiturate groups is 1. The van der Waals surface area contributed by atoms with Gasteiger partial charge in [-0.3, -0.25) is 14.5 Å². The lowest BCUT2D eigenvalue weighted by molar-refractivity contribution is -0.142. The molecule has 0 bridgehead atoms. The fourth-order valence-corrected chi connectivity index (χ4v) is 3.29. The fourth-order valence-electron chi connectivity index (χ4n) is 3.29. The van der Waals surface area contributed by atoms with Crippen molar-refractivity contribution in [1.82, 2.24) is 4.90 Å². The number of nitrogens with zero attached hydrogens (tertiary/aromatic N) is 2. The number of rotatable bonds is 2. The van der Waals surface area contributed by atoms with Crippen molar-refractivity contribution < 1.29 is 14.4 Å². The second-order valence-corrected chi connectivity index (χ2v) is 6.01. The minimum atomic E-state index is -0.806. The molecule has 0 aromatic heterocycles. The van der Waals surface area contributed by atoms with E-state index in [4.69, 9.17) is 0 Å². The number of amides is 4. The quantitative estimate of drug-likeness (QED) is 0.789. The smallest absolute Gasteiger partial charge is 0.273 e. The summed E-state index contributed by atoms with van der Waals surface area (Å²) in [5.74, 6) is -1.60. The van der Waals surface area contributed by atoms with Gasteiger partial charge in [-0.1, -0.05) is 37.5 Å². The molecule has 3 rings (SSSR count). The number of benzene rings is 1. The predicted molar refractivity (Wildman–Crippen MR) is 82.2 cm³/mol. The summed E-state index contributed by atoms with van der Waals surface area (Å²) in [4.78, 5) is 40.2. The van der Waals surface area contributed by atoms with Gasteiger partial charge in [-0.25, -0.2) is 9.69 Å². The van der Waals surface area contributed by atoms with Gasteiger partial charge in [-0.05, 0) is 31.9 Å². The molecular formula is C17H20N2O3. The number of urea groups is 1. The second-order valence-electron chi connectivity index (χ2n) is 6.01. The van der Waals surface area contributed by atoms with E-state index in [-0.39, 0.29) is 11.9 Å². The van der Waals surface area contributed by atoms with E-state index < -0.39 is 17.9 Å². The Kier molecular flexibility index (Phi) is 3.96.